The minimum absolute atomic E-state index is 0.112. The van der Waals surface area contributed by atoms with Crippen LogP contribution in [-0.4, -0.2) is 15.5 Å². The predicted octanol–water partition coefficient (Wildman–Crippen LogP) is 1.37. The second kappa shape index (κ2) is 5.67. The minimum atomic E-state index is -0.137. The smallest absolute Gasteiger partial charge is 0.251 e. The molecule has 0 saturated carbocycles. The molecule has 0 aliphatic heterocycles. The molecule has 0 aliphatic rings. The summed E-state index contributed by atoms with van der Waals surface area (Å²) < 4.78 is 1.89. The number of carbonyl (C=O) groups is 1. The van der Waals surface area contributed by atoms with E-state index in [9.17, 15) is 4.79 Å². The quantitative estimate of drug-likeness (QED) is 0.870. The first-order valence-corrected chi connectivity index (χ1v) is 6.19. The van der Waals surface area contributed by atoms with Crippen LogP contribution in [0.4, 0.5) is 0 Å². The third kappa shape index (κ3) is 3.00. The normalized spacial score (nSPS) is 12.2. The molecule has 1 atom stereocenters. The number of carbonyl (C=O) groups excluding carboxylic acids is 1. The number of rotatable bonds is 4. The largest absolute Gasteiger partial charge is 0.342 e. The first-order chi connectivity index (χ1) is 9.11. The van der Waals surface area contributed by atoms with E-state index < -0.39 is 0 Å². The van der Waals surface area contributed by atoms with Crippen molar-refractivity contribution in [1.82, 2.24) is 14.9 Å². The lowest BCUT2D eigenvalue weighted by Crippen LogP contribution is -2.28. The Kier molecular flexibility index (Phi) is 3.97. The molecule has 5 nitrogen and oxygen atoms in total. The summed E-state index contributed by atoms with van der Waals surface area (Å²) in [4.78, 5) is 16.3. The molecule has 0 spiro atoms. The highest BCUT2D eigenvalue weighted by Crippen LogP contribution is 2.10. The van der Waals surface area contributed by atoms with Gasteiger partial charge in [0.1, 0.15) is 5.82 Å². The highest BCUT2D eigenvalue weighted by molar-refractivity contribution is 5.94. The van der Waals surface area contributed by atoms with Gasteiger partial charge >= 0.3 is 0 Å². The molecule has 0 saturated heterocycles. The summed E-state index contributed by atoms with van der Waals surface area (Å²) in [5.74, 6) is 0.714. The van der Waals surface area contributed by atoms with Crippen molar-refractivity contribution in [2.24, 2.45) is 12.8 Å². The van der Waals surface area contributed by atoms with Crippen LogP contribution in [0.2, 0.25) is 0 Å². The molecule has 1 unspecified atom stereocenters. The van der Waals surface area contributed by atoms with Gasteiger partial charge in [-0.2, -0.15) is 0 Å². The van der Waals surface area contributed by atoms with Crippen LogP contribution in [0.25, 0.3) is 0 Å². The SMILES string of the molecule is CC(NC(=O)c1ccc(CN)cc1)c1nccn1C. The van der Waals surface area contributed by atoms with E-state index in [1.807, 2.05) is 36.9 Å². The maximum atomic E-state index is 12.1. The summed E-state index contributed by atoms with van der Waals surface area (Å²) in [7, 11) is 1.90. The molecule has 3 N–H and O–H groups in total. The molecule has 1 heterocycles. The van der Waals surface area contributed by atoms with Crippen molar-refractivity contribution in [3.05, 3.63) is 53.6 Å². The van der Waals surface area contributed by atoms with Gasteiger partial charge in [0, 0.05) is 31.5 Å². The number of nitrogens with two attached hydrogens (primary N) is 1. The van der Waals surface area contributed by atoms with Gasteiger partial charge in [0.2, 0.25) is 0 Å². The number of hydrogen-bond donors (Lipinski definition) is 2. The first kappa shape index (κ1) is 13.3. The maximum absolute atomic E-state index is 12.1. The average Bonchev–Trinajstić information content (AvgIpc) is 2.85. The van der Waals surface area contributed by atoms with Crippen molar-refractivity contribution in [3.63, 3.8) is 0 Å². The zero-order valence-corrected chi connectivity index (χ0v) is 11.1. The van der Waals surface area contributed by atoms with Gasteiger partial charge in [0.15, 0.2) is 0 Å². The highest BCUT2D eigenvalue weighted by atomic mass is 16.1. The van der Waals surface area contributed by atoms with Crippen LogP contribution in [0.3, 0.4) is 0 Å². The fourth-order valence-electron chi connectivity index (χ4n) is 1.93. The van der Waals surface area contributed by atoms with Crippen LogP contribution in [0.15, 0.2) is 36.7 Å². The summed E-state index contributed by atoms with van der Waals surface area (Å²) in [6, 6.07) is 7.15. The summed E-state index contributed by atoms with van der Waals surface area (Å²) in [6.07, 6.45) is 3.57. The molecule has 2 rings (SSSR count). The summed E-state index contributed by atoms with van der Waals surface area (Å²) >= 11 is 0. The lowest BCUT2D eigenvalue weighted by atomic mass is 10.1. The van der Waals surface area contributed by atoms with E-state index in [0.29, 0.717) is 12.1 Å². The molecule has 1 aromatic carbocycles. The average molecular weight is 258 g/mol. The molecule has 5 heteroatoms. The number of nitrogens with zero attached hydrogens (tertiary/aromatic N) is 2. The molecule has 0 aliphatic carbocycles. The van der Waals surface area contributed by atoms with Gasteiger partial charge in [-0.25, -0.2) is 4.98 Å². The van der Waals surface area contributed by atoms with E-state index in [2.05, 4.69) is 10.3 Å². The Labute approximate surface area is 112 Å². The van der Waals surface area contributed by atoms with E-state index in [1.165, 1.54) is 0 Å². The number of benzene rings is 1. The fourth-order valence-corrected chi connectivity index (χ4v) is 1.93. The van der Waals surface area contributed by atoms with E-state index in [0.717, 1.165) is 11.4 Å². The van der Waals surface area contributed by atoms with E-state index in [1.54, 1.807) is 18.3 Å². The monoisotopic (exact) mass is 258 g/mol. The van der Waals surface area contributed by atoms with Gasteiger partial charge in [0.25, 0.3) is 5.91 Å². The molecule has 2 aromatic rings. The van der Waals surface area contributed by atoms with Crippen molar-refractivity contribution in [2.45, 2.75) is 19.5 Å². The number of hydrogen-bond acceptors (Lipinski definition) is 3. The van der Waals surface area contributed by atoms with E-state index in [-0.39, 0.29) is 11.9 Å². The van der Waals surface area contributed by atoms with Crippen molar-refractivity contribution in [1.29, 1.82) is 0 Å². The van der Waals surface area contributed by atoms with Crippen LogP contribution in [0.5, 0.6) is 0 Å². The number of aromatic nitrogens is 2. The molecule has 1 aromatic heterocycles. The zero-order chi connectivity index (χ0) is 13.8. The second-order valence-electron chi connectivity index (χ2n) is 4.49. The van der Waals surface area contributed by atoms with Gasteiger partial charge in [-0.05, 0) is 24.6 Å². The molecular formula is C14H18N4O. The highest BCUT2D eigenvalue weighted by Gasteiger charge is 2.14. The van der Waals surface area contributed by atoms with Crippen molar-refractivity contribution in [3.8, 4) is 0 Å². The molecule has 19 heavy (non-hydrogen) atoms. The van der Waals surface area contributed by atoms with Crippen molar-refractivity contribution in [2.75, 3.05) is 0 Å². The van der Waals surface area contributed by atoms with Gasteiger partial charge < -0.3 is 15.6 Å². The van der Waals surface area contributed by atoms with E-state index in [4.69, 9.17) is 5.73 Å². The third-order valence-corrected chi connectivity index (χ3v) is 3.05. The minimum Gasteiger partial charge on any atom is -0.342 e. The predicted molar refractivity (Wildman–Crippen MR) is 73.4 cm³/mol. The Bertz CT molecular complexity index is 559. The Morgan fingerprint density at radius 1 is 1.42 bits per heavy atom. The van der Waals surface area contributed by atoms with E-state index >= 15 is 0 Å². The summed E-state index contributed by atoms with van der Waals surface area (Å²) in [5, 5.41) is 2.92. The van der Waals surface area contributed by atoms with Crippen LogP contribution < -0.4 is 11.1 Å². The van der Waals surface area contributed by atoms with Crippen LogP contribution >= 0.6 is 0 Å². The summed E-state index contributed by atoms with van der Waals surface area (Å²) in [6.45, 7) is 2.39. The molecule has 0 radical (unpaired) electrons. The Morgan fingerprint density at radius 2 is 2.11 bits per heavy atom. The van der Waals surface area contributed by atoms with Crippen LogP contribution in [-0.2, 0) is 13.6 Å². The Hall–Kier alpha value is -2.14. The summed E-state index contributed by atoms with van der Waals surface area (Å²) in [5.41, 5.74) is 7.16. The molecule has 0 bridgehead atoms. The standard InChI is InChI=1S/C14H18N4O/c1-10(13-16-7-8-18(13)2)17-14(19)12-5-3-11(9-15)4-6-12/h3-8,10H,9,15H2,1-2H3,(H,17,19). The molecule has 1 amide bonds. The number of imidazole rings is 1. The molecule has 0 fully saturated rings. The number of aryl methyl sites for hydroxylation is 1. The molecule has 100 valence electrons. The van der Waals surface area contributed by atoms with Crippen LogP contribution in [0, 0.1) is 0 Å². The number of amides is 1. The van der Waals surface area contributed by atoms with Gasteiger partial charge in [-0.15, -0.1) is 0 Å². The van der Waals surface area contributed by atoms with Gasteiger partial charge in [-0.1, -0.05) is 12.1 Å². The van der Waals surface area contributed by atoms with Gasteiger partial charge in [-0.3, -0.25) is 4.79 Å². The van der Waals surface area contributed by atoms with Gasteiger partial charge in [0.05, 0.1) is 6.04 Å². The fraction of sp³-hybridized carbons (Fsp3) is 0.286. The second-order valence-corrected chi connectivity index (χ2v) is 4.49. The lowest BCUT2D eigenvalue weighted by molar-refractivity contribution is 0.0938. The van der Waals surface area contributed by atoms with Crippen LogP contribution in [0.1, 0.15) is 34.7 Å². The Balaban J connectivity index is 2.06. The molecular weight excluding hydrogens is 240 g/mol. The maximum Gasteiger partial charge on any atom is 0.251 e. The number of nitrogens with one attached hydrogen (secondary N) is 1. The van der Waals surface area contributed by atoms with Crippen molar-refractivity contribution < 1.29 is 4.79 Å². The first-order valence-electron chi connectivity index (χ1n) is 6.19. The Morgan fingerprint density at radius 3 is 2.63 bits per heavy atom. The lowest BCUT2D eigenvalue weighted by Gasteiger charge is -2.14. The third-order valence-electron chi connectivity index (χ3n) is 3.05. The van der Waals surface area contributed by atoms with Crippen molar-refractivity contribution >= 4 is 5.91 Å². The topological polar surface area (TPSA) is 72.9 Å². The zero-order valence-electron chi connectivity index (χ0n) is 11.1.